The highest BCUT2D eigenvalue weighted by atomic mass is 16.5. The van der Waals surface area contributed by atoms with Crippen LogP contribution in [0.1, 0.15) is 43.7 Å². The third-order valence-corrected chi connectivity index (χ3v) is 4.52. The van der Waals surface area contributed by atoms with Gasteiger partial charge in [0.05, 0.1) is 0 Å². The molecule has 1 aromatic rings. The Hall–Kier alpha value is -2.04. The molecule has 1 fully saturated rings. The molecule has 1 saturated heterocycles. The fourth-order valence-electron chi connectivity index (χ4n) is 3.23. The van der Waals surface area contributed by atoms with Crippen molar-refractivity contribution in [2.75, 3.05) is 27.2 Å². The fraction of sp³-hybridized carbons (Fsp3) is 0.579. The number of likely N-dealkylation sites (tertiary alicyclic amines) is 1. The Balaban J connectivity index is 1.98. The number of benzene rings is 1. The van der Waals surface area contributed by atoms with E-state index in [0.717, 1.165) is 18.4 Å². The van der Waals surface area contributed by atoms with Crippen LogP contribution in [0.3, 0.4) is 0 Å². The zero-order chi connectivity index (χ0) is 17.9. The van der Waals surface area contributed by atoms with Crippen LogP contribution in [0.2, 0.25) is 0 Å². The number of aryl methyl sites for hydroxylation is 1. The molecule has 1 aromatic carbocycles. The van der Waals surface area contributed by atoms with Gasteiger partial charge in [-0.3, -0.25) is 9.59 Å². The first-order chi connectivity index (χ1) is 11.3. The van der Waals surface area contributed by atoms with E-state index >= 15 is 0 Å². The first-order valence-corrected chi connectivity index (χ1v) is 8.55. The summed E-state index contributed by atoms with van der Waals surface area (Å²) in [5, 5.41) is 0. The maximum atomic E-state index is 12.4. The highest BCUT2D eigenvalue weighted by molar-refractivity contribution is 5.88. The fourth-order valence-corrected chi connectivity index (χ4v) is 3.23. The van der Waals surface area contributed by atoms with E-state index in [1.807, 2.05) is 18.2 Å². The smallest absolute Gasteiger partial charge is 0.261 e. The molecule has 0 aromatic heterocycles. The van der Waals surface area contributed by atoms with Gasteiger partial charge in [-0.2, -0.15) is 0 Å². The standard InChI is InChI=1S/C19H28N2O3/c1-13(2)16-9-8-15(11-14(16)3)24-12-18(22)21-10-6-7-17(21)19(23)20(4)5/h8-9,11,13,17H,6-7,10,12H2,1-5H3. The molecule has 0 saturated carbocycles. The average molecular weight is 332 g/mol. The Morgan fingerprint density at radius 2 is 2.04 bits per heavy atom. The number of likely N-dealkylation sites (N-methyl/N-ethyl adjacent to an activating group) is 1. The normalized spacial score (nSPS) is 17.2. The van der Waals surface area contributed by atoms with Crippen molar-refractivity contribution in [2.45, 2.75) is 45.6 Å². The second-order valence-electron chi connectivity index (χ2n) is 6.94. The molecule has 0 aliphatic carbocycles. The second-order valence-corrected chi connectivity index (χ2v) is 6.94. The topological polar surface area (TPSA) is 49.9 Å². The maximum Gasteiger partial charge on any atom is 0.261 e. The van der Waals surface area contributed by atoms with Gasteiger partial charge in [-0.1, -0.05) is 19.9 Å². The van der Waals surface area contributed by atoms with Gasteiger partial charge in [0.25, 0.3) is 5.91 Å². The number of rotatable bonds is 5. The molecule has 2 rings (SSSR count). The largest absolute Gasteiger partial charge is 0.484 e. The number of hydrogen-bond acceptors (Lipinski definition) is 3. The Bertz CT molecular complexity index is 611. The number of nitrogens with zero attached hydrogens (tertiary/aromatic N) is 2. The van der Waals surface area contributed by atoms with E-state index in [0.29, 0.717) is 18.2 Å². The van der Waals surface area contributed by atoms with E-state index in [4.69, 9.17) is 4.74 Å². The molecule has 0 N–H and O–H groups in total. The van der Waals surface area contributed by atoms with Crippen LogP contribution in [0, 0.1) is 6.92 Å². The minimum absolute atomic E-state index is 0.0158. The quantitative estimate of drug-likeness (QED) is 0.833. The number of carbonyl (C=O) groups is 2. The average Bonchev–Trinajstić information content (AvgIpc) is 3.00. The number of ether oxygens (including phenoxy) is 1. The van der Waals surface area contributed by atoms with Crippen molar-refractivity contribution in [1.82, 2.24) is 9.80 Å². The number of hydrogen-bond donors (Lipinski definition) is 0. The van der Waals surface area contributed by atoms with Gasteiger partial charge in [-0.05, 0) is 48.9 Å². The molecular weight excluding hydrogens is 304 g/mol. The molecule has 5 nitrogen and oxygen atoms in total. The lowest BCUT2D eigenvalue weighted by Gasteiger charge is -2.26. The van der Waals surface area contributed by atoms with Gasteiger partial charge >= 0.3 is 0 Å². The van der Waals surface area contributed by atoms with Crippen molar-refractivity contribution >= 4 is 11.8 Å². The minimum atomic E-state index is -0.346. The van der Waals surface area contributed by atoms with Gasteiger partial charge < -0.3 is 14.5 Å². The number of amides is 2. The Labute approximate surface area is 144 Å². The summed E-state index contributed by atoms with van der Waals surface area (Å²) >= 11 is 0. The Morgan fingerprint density at radius 1 is 1.33 bits per heavy atom. The van der Waals surface area contributed by atoms with Crippen molar-refractivity contribution in [1.29, 1.82) is 0 Å². The first-order valence-electron chi connectivity index (χ1n) is 8.55. The van der Waals surface area contributed by atoms with E-state index in [2.05, 4.69) is 20.8 Å². The van der Waals surface area contributed by atoms with Gasteiger partial charge in [0.1, 0.15) is 11.8 Å². The molecule has 5 heteroatoms. The summed E-state index contributed by atoms with van der Waals surface area (Å²) in [5.74, 6) is 1.01. The molecule has 0 spiro atoms. The van der Waals surface area contributed by atoms with Crippen LogP contribution in [-0.2, 0) is 9.59 Å². The van der Waals surface area contributed by atoms with Crippen molar-refractivity contribution in [3.05, 3.63) is 29.3 Å². The lowest BCUT2D eigenvalue weighted by molar-refractivity contribution is -0.143. The lowest BCUT2D eigenvalue weighted by atomic mass is 9.98. The summed E-state index contributed by atoms with van der Waals surface area (Å²) in [6.07, 6.45) is 1.59. The SMILES string of the molecule is Cc1cc(OCC(=O)N2CCCC2C(=O)N(C)C)ccc1C(C)C. The van der Waals surface area contributed by atoms with Crippen LogP contribution in [0.4, 0.5) is 0 Å². The Morgan fingerprint density at radius 3 is 2.62 bits per heavy atom. The summed E-state index contributed by atoms with van der Waals surface area (Å²) in [5.41, 5.74) is 2.45. The van der Waals surface area contributed by atoms with Crippen LogP contribution in [0.25, 0.3) is 0 Å². The van der Waals surface area contributed by atoms with Gasteiger partial charge in [0, 0.05) is 20.6 Å². The highest BCUT2D eigenvalue weighted by Crippen LogP contribution is 2.24. The summed E-state index contributed by atoms with van der Waals surface area (Å²) in [6, 6.07) is 5.58. The van der Waals surface area contributed by atoms with Crippen molar-refractivity contribution < 1.29 is 14.3 Å². The predicted molar refractivity (Wildman–Crippen MR) is 94.2 cm³/mol. The van der Waals surface area contributed by atoms with E-state index in [1.165, 1.54) is 5.56 Å². The van der Waals surface area contributed by atoms with E-state index in [-0.39, 0.29) is 24.5 Å². The summed E-state index contributed by atoms with van der Waals surface area (Å²) < 4.78 is 5.67. The third kappa shape index (κ3) is 4.08. The second kappa shape index (κ2) is 7.69. The molecule has 2 amide bonds. The molecular formula is C19H28N2O3. The van der Waals surface area contributed by atoms with Crippen LogP contribution in [0.15, 0.2) is 18.2 Å². The molecule has 132 valence electrons. The number of carbonyl (C=O) groups excluding carboxylic acids is 2. The summed E-state index contributed by atoms with van der Waals surface area (Å²) in [4.78, 5) is 27.8. The monoisotopic (exact) mass is 332 g/mol. The molecule has 1 aliphatic heterocycles. The van der Waals surface area contributed by atoms with Crippen LogP contribution < -0.4 is 4.74 Å². The first kappa shape index (κ1) is 18.3. The molecule has 1 unspecified atom stereocenters. The molecule has 24 heavy (non-hydrogen) atoms. The van der Waals surface area contributed by atoms with Gasteiger partial charge in [-0.25, -0.2) is 0 Å². The van der Waals surface area contributed by atoms with E-state index in [1.54, 1.807) is 23.9 Å². The molecule has 0 bridgehead atoms. The molecule has 1 aliphatic rings. The zero-order valence-corrected chi connectivity index (χ0v) is 15.3. The minimum Gasteiger partial charge on any atom is -0.484 e. The lowest BCUT2D eigenvalue weighted by Crippen LogP contribution is -2.46. The summed E-state index contributed by atoms with van der Waals surface area (Å²) in [7, 11) is 3.44. The van der Waals surface area contributed by atoms with Crippen molar-refractivity contribution in [2.24, 2.45) is 0 Å². The summed E-state index contributed by atoms with van der Waals surface area (Å²) in [6.45, 7) is 6.95. The third-order valence-electron chi connectivity index (χ3n) is 4.52. The van der Waals surface area contributed by atoms with Crippen LogP contribution in [-0.4, -0.2) is 54.9 Å². The maximum absolute atomic E-state index is 12.4. The van der Waals surface area contributed by atoms with Gasteiger partial charge in [0.2, 0.25) is 5.91 Å². The highest BCUT2D eigenvalue weighted by Gasteiger charge is 2.34. The molecule has 0 radical (unpaired) electrons. The van der Waals surface area contributed by atoms with E-state index < -0.39 is 0 Å². The Kier molecular flexibility index (Phi) is 5.86. The zero-order valence-electron chi connectivity index (χ0n) is 15.3. The van der Waals surface area contributed by atoms with Gasteiger partial charge in [-0.15, -0.1) is 0 Å². The van der Waals surface area contributed by atoms with Crippen molar-refractivity contribution in [3.63, 3.8) is 0 Å². The molecule has 1 heterocycles. The van der Waals surface area contributed by atoms with Crippen LogP contribution >= 0.6 is 0 Å². The van der Waals surface area contributed by atoms with Crippen molar-refractivity contribution in [3.8, 4) is 5.75 Å². The van der Waals surface area contributed by atoms with Crippen LogP contribution in [0.5, 0.6) is 5.75 Å². The predicted octanol–water partition coefficient (Wildman–Crippen LogP) is 2.58. The molecule has 1 atom stereocenters. The van der Waals surface area contributed by atoms with Gasteiger partial charge in [0.15, 0.2) is 6.61 Å². The van der Waals surface area contributed by atoms with E-state index in [9.17, 15) is 9.59 Å².